The molecule has 0 radical (unpaired) electrons. The zero-order chi connectivity index (χ0) is 19.3. The lowest BCUT2D eigenvalue weighted by molar-refractivity contribution is -0.314. The molecule has 1 saturated carbocycles. The number of halogens is 2. The van der Waals surface area contributed by atoms with Crippen LogP contribution >= 0.6 is 23.2 Å². The molecule has 0 aromatic heterocycles. The van der Waals surface area contributed by atoms with Crippen molar-refractivity contribution in [3.8, 4) is 0 Å². The van der Waals surface area contributed by atoms with E-state index < -0.39 is 35.7 Å². The number of carboxylic acid groups (broad SMARTS) is 1. The van der Waals surface area contributed by atoms with Crippen molar-refractivity contribution in [2.75, 3.05) is 7.11 Å². The van der Waals surface area contributed by atoms with E-state index in [-0.39, 0.29) is 6.42 Å². The van der Waals surface area contributed by atoms with Gasteiger partial charge in [0.25, 0.3) is 0 Å². The van der Waals surface area contributed by atoms with Crippen LogP contribution in [0.2, 0.25) is 10.0 Å². The van der Waals surface area contributed by atoms with E-state index in [4.69, 9.17) is 23.2 Å². The van der Waals surface area contributed by atoms with Gasteiger partial charge in [0.05, 0.1) is 29.6 Å². The van der Waals surface area contributed by atoms with Crippen LogP contribution in [0.4, 0.5) is 0 Å². The average molecular weight is 401 g/mol. The van der Waals surface area contributed by atoms with E-state index in [1.165, 1.54) is 7.11 Å². The second kappa shape index (κ2) is 9.24. The number of rotatable bonds is 6. The smallest absolute Gasteiger partial charge is 0.307 e. The number of amides is 1. The second-order valence-corrected chi connectivity index (χ2v) is 7.15. The molecule has 1 aromatic rings. The molecule has 1 fully saturated rings. The maximum Gasteiger partial charge on any atom is 0.307 e. The van der Waals surface area contributed by atoms with E-state index in [1.54, 1.807) is 18.2 Å². The van der Waals surface area contributed by atoms with Crippen LogP contribution in [0.3, 0.4) is 0 Å². The Morgan fingerprint density at radius 2 is 1.85 bits per heavy atom. The third-order valence-electron chi connectivity index (χ3n) is 4.67. The van der Waals surface area contributed by atoms with Gasteiger partial charge in [0.2, 0.25) is 5.91 Å². The molecule has 2 rings (SSSR count). The van der Waals surface area contributed by atoms with Crippen molar-refractivity contribution >= 4 is 41.0 Å². The maximum atomic E-state index is 12.7. The van der Waals surface area contributed by atoms with Gasteiger partial charge < -0.3 is 20.0 Å². The standard InChI is InChI=1S/C18H21Cl2NO5/c1-26-16(22)9-15(10-6-7-13(19)14(20)8-10)21-17(23)11-4-2-3-5-12(11)18(24)25/h6-8,11-12,15H,2-5,9H2,1H3,(H,21,23)(H,24,25)/p-1/t11-,12+,15+/m1/s1. The third-order valence-corrected chi connectivity index (χ3v) is 5.41. The number of benzene rings is 1. The predicted octanol–water partition coefficient (Wildman–Crippen LogP) is 2.27. The Morgan fingerprint density at radius 1 is 1.19 bits per heavy atom. The summed E-state index contributed by atoms with van der Waals surface area (Å²) in [7, 11) is 1.25. The molecule has 1 amide bonds. The molecule has 0 spiro atoms. The summed E-state index contributed by atoms with van der Waals surface area (Å²) in [6.07, 6.45) is 2.30. The lowest BCUT2D eigenvalue weighted by Gasteiger charge is -2.32. The van der Waals surface area contributed by atoms with Crippen LogP contribution in [-0.4, -0.2) is 25.0 Å². The highest BCUT2D eigenvalue weighted by molar-refractivity contribution is 6.42. The number of aliphatic carboxylic acids is 1. The van der Waals surface area contributed by atoms with Gasteiger partial charge in [-0.3, -0.25) is 9.59 Å². The second-order valence-electron chi connectivity index (χ2n) is 6.33. The van der Waals surface area contributed by atoms with Gasteiger partial charge in [0.15, 0.2) is 0 Å². The molecule has 1 aliphatic carbocycles. The van der Waals surface area contributed by atoms with Gasteiger partial charge in [-0.05, 0) is 30.5 Å². The Balaban J connectivity index is 2.22. The number of hydrogen-bond donors (Lipinski definition) is 1. The molecular formula is C18H20Cl2NO5-. The summed E-state index contributed by atoms with van der Waals surface area (Å²) < 4.78 is 4.69. The Kier molecular flexibility index (Phi) is 7.29. The summed E-state index contributed by atoms with van der Waals surface area (Å²) >= 11 is 11.9. The van der Waals surface area contributed by atoms with Crippen molar-refractivity contribution in [3.05, 3.63) is 33.8 Å². The first-order valence-electron chi connectivity index (χ1n) is 8.36. The fourth-order valence-corrected chi connectivity index (χ4v) is 3.54. The van der Waals surface area contributed by atoms with Crippen molar-refractivity contribution in [1.29, 1.82) is 0 Å². The Labute approximate surface area is 161 Å². The van der Waals surface area contributed by atoms with Crippen molar-refractivity contribution in [1.82, 2.24) is 5.32 Å². The molecule has 3 atom stereocenters. The monoisotopic (exact) mass is 400 g/mol. The van der Waals surface area contributed by atoms with E-state index in [0.717, 1.165) is 12.8 Å². The van der Waals surface area contributed by atoms with Gasteiger partial charge in [0, 0.05) is 17.8 Å². The van der Waals surface area contributed by atoms with E-state index in [9.17, 15) is 19.5 Å². The van der Waals surface area contributed by atoms with Crippen LogP contribution in [0.25, 0.3) is 0 Å². The molecular weight excluding hydrogens is 381 g/mol. The van der Waals surface area contributed by atoms with Crippen molar-refractivity contribution in [3.63, 3.8) is 0 Å². The van der Waals surface area contributed by atoms with Crippen molar-refractivity contribution in [2.45, 2.75) is 38.1 Å². The van der Waals surface area contributed by atoms with Gasteiger partial charge in [-0.15, -0.1) is 0 Å². The molecule has 142 valence electrons. The summed E-state index contributed by atoms with van der Waals surface area (Å²) in [4.78, 5) is 35.8. The molecule has 0 unspecified atom stereocenters. The van der Waals surface area contributed by atoms with Crippen molar-refractivity contribution < 1.29 is 24.2 Å². The van der Waals surface area contributed by atoms with E-state index >= 15 is 0 Å². The van der Waals surface area contributed by atoms with Gasteiger partial charge in [0.1, 0.15) is 0 Å². The topological polar surface area (TPSA) is 95.5 Å². The molecule has 1 aromatic carbocycles. The number of esters is 1. The molecule has 8 heteroatoms. The summed E-state index contributed by atoms with van der Waals surface area (Å²) in [6.45, 7) is 0. The van der Waals surface area contributed by atoms with Crippen molar-refractivity contribution in [2.24, 2.45) is 11.8 Å². The summed E-state index contributed by atoms with van der Waals surface area (Å²) in [5.74, 6) is -3.66. The first kappa shape index (κ1) is 20.5. The molecule has 1 N–H and O–H groups in total. The minimum Gasteiger partial charge on any atom is -0.550 e. The average Bonchev–Trinajstić information content (AvgIpc) is 2.63. The normalized spacial score (nSPS) is 20.9. The number of carbonyl (C=O) groups excluding carboxylic acids is 3. The molecule has 6 nitrogen and oxygen atoms in total. The summed E-state index contributed by atoms with van der Waals surface area (Å²) in [5.41, 5.74) is 0.582. The zero-order valence-corrected chi connectivity index (χ0v) is 15.8. The SMILES string of the molecule is COC(=O)C[C@H](NC(=O)[C@@H]1CCCC[C@@H]1C(=O)[O-])c1ccc(Cl)c(Cl)c1. The highest BCUT2D eigenvalue weighted by atomic mass is 35.5. The number of ether oxygens (including phenoxy) is 1. The van der Waals surface area contributed by atoms with Gasteiger partial charge in [-0.2, -0.15) is 0 Å². The molecule has 1 aliphatic rings. The quantitative estimate of drug-likeness (QED) is 0.738. The van der Waals surface area contributed by atoms with Crippen LogP contribution in [0.1, 0.15) is 43.7 Å². The fraction of sp³-hybridized carbons (Fsp3) is 0.500. The lowest BCUT2D eigenvalue weighted by Crippen LogP contribution is -2.45. The highest BCUT2D eigenvalue weighted by Crippen LogP contribution is 2.32. The minimum atomic E-state index is -1.22. The Hall–Kier alpha value is -1.79. The number of nitrogens with one attached hydrogen (secondary N) is 1. The lowest BCUT2D eigenvalue weighted by atomic mass is 9.78. The van der Waals surface area contributed by atoms with E-state index in [2.05, 4.69) is 10.1 Å². The van der Waals surface area contributed by atoms with E-state index in [1.807, 2.05) is 0 Å². The number of carbonyl (C=O) groups is 3. The maximum absolute atomic E-state index is 12.7. The third kappa shape index (κ3) is 5.11. The van der Waals surface area contributed by atoms with Crippen LogP contribution in [0.5, 0.6) is 0 Å². The molecule has 0 saturated heterocycles. The predicted molar refractivity (Wildman–Crippen MR) is 94.4 cm³/mol. The van der Waals surface area contributed by atoms with Gasteiger partial charge in [-0.25, -0.2) is 0 Å². The first-order chi connectivity index (χ1) is 12.3. The van der Waals surface area contributed by atoms with Crippen LogP contribution < -0.4 is 10.4 Å². The zero-order valence-electron chi connectivity index (χ0n) is 14.3. The Morgan fingerprint density at radius 3 is 2.42 bits per heavy atom. The van der Waals surface area contributed by atoms with Crippen LogP contribution in [0.15, 0.2) is 18.2 Å². The molecule has 0 bridgehead atoms. The minimum absolute atomic E-state index is 0.108. The van der Waals surface area contributed by atoms with Crippen LogP contribution in [-0.2, 0) is 19.1 Å². The molecule has 26 heavy (non-hydrogen) atoms. The number of carboxylic acids is 1. The Bertz CT molecular complexity index is 694. The highest BCUT2D eigenvalue weighted by Gasteiger charge is 2.33. The largest absolute Gasteiger partial charge is 0.550 e. The summed E-state index contributed by atoms with van der Waals surface area (Å²) in [6, 6.07) is 4.09. The fourth-order valence-electron chi connectivity index (χ4n) is 3.24. The molecule has 0 heterocycles. The van der Waals surface area contributed by atoms with Gasteiger partial charge >= 0.3 is 5.97 Å². The van der Waals surface area contributed by atoms with E-state index in [0.29, 0.717) is 28.5 Å². The summed E-state index contributed by atoms with van der Waals surface area (Å²) in [5, 5.41) is 14.7. The molecule has 0 aliphatic heterocycles. The van der Waals surface area contributed by atoms with Crippen LogP contribution in [0, 0.1) is 11.8 Å². The first-order valence-corrected chi connectivity index (χ1v) is 9.12. The number of methoxy groups -OCH3 is 1. The number of hydrogen-bond acceptors (Lipinski definition) is 5. The van der Waals surface area contributed by atoms with Gasteiger partial charge in [-0.1, -0.05) is 42.1 Å².